The summed E-state index contributed by atoms with van der Waals surface area (Å²) in [5.41, 5.74) is 1.52. The van der Waals surface area contributed by atoms with Crippen LogP contribution in [0.15, 0.2) is 18.2 Å². The number of ether oxygens (including phenoxy) is 1. The maximum Gasteiger partial charge on any atom is 0.321 e. The third kappa shape index (κ3) is 5.79. The molecule has 0 aromatic heterocycles. The predicted molar refractivity (Wildman–Crippen MR) is 91.1 cm³/mol. The quantitative estimate of drug-likeness (QED) is 0.711. The molecule has 0 radical (unpaired) electrons. The van der Waals surface area contributed by atoms with Crippen LogP contribution in [0.5, 0.6) is 5.75 Å². The van der Waals surface area contributed by atoms with Gasteiger partial charge in [0.15, 0.2) is 6.61 Å². The summed E-state index contributed by atoms with van der Waals surface area (Å²) in [6.07, 6.45) is 0. The van der Waals surface area contributed by atoms with Crippen LogP contribution in [0, 0.1) is 6.92 Å². The summed E-state index contributed by atoms with van der Waals surface area (Å²) in [5.74, 6) is -0.192. The van der Waals surface area contributed by atoms with Crippen LogP contribution in [0.25, 0.3) is 0 Å². The van der Waals surface area contributed by atoms with Crippen LogP contribution in [0.1, 0.15) is 12.5 Å². The minimum atomic E-state index is -0.670. The molecule has 1 aromatic carbocycles. The van der Waals surface area contributed by atoms with Gasteiger partial charge < -0.3 is 20.3 Å². The van der Waals surface area contributed by atoms with Crippen molar-refractivity contribution >= 4 is 23.5 Å². The van der Waals surface area contributed by atoms with Crippen LogP contribution >= 0.6 is 0 Å². The molecule has 0 saturated heterocycles. The number of hydrogen-bond acceptors (Lipinski definition) is 5. The van der Waals surface area contributed by atoms with Crippen LogP contribution < -0.4 is 20.7 Å². The first-order chi connectivity index (χ1) is 11.2. The number of carbonyl (C=O) groups is 3. The Hall–Kier alpha value is -2.77. The van der Waals surface area contributed by atoms with E-state index in [2.05, 4.69) is 16.0 Å². The molecule has 0 spiro atoms. The number of nitrogens with one attached hydrogen (secondary N) is 3. The summed E-state index contributed by atoms with van der Waals surface area (Å²) < 4.78 is 5.56. The van der Waals surface area contributed by atoms with Crippen LogP contribution in [0.4, 0.5) is 10.5 Å². The summed E-state index contributed by atoms with van der Waals surface area (Å²) in [5, 5.41) is 7.48. The molecule has 24 heavy (non-hydrogen) atoms. The first-order valence-corrected chi connectivity index (χ1v) is 7.47. The van der Waals surface area contributed by atoms with E-state index in [9.17, 15) is 14.4 Å². The standard InChI is InChI=1S/C16H24N4O4/c1-10-6-7-12(13(8-10)24-9-14(21)20(4)5)18-11(2)15(22)19-16(23)17-3/h6-8,11,18H,9H2,1-5H3,(H2,17,19,22,23)/t11-/m1/s1. The molecule has 0 unspecified atom stereocenters. The zero-order valence-corrected chi connectivity index (χ0v) is 14.6. The zero-order chi connectivity index (χ0) is 18.3. The van der Waals surface area contributed by atoms with E-state index < -0.39 is 18.0 Å². The fourth-order valence-electron chi connectivity index (χ4n) is 1.72. The third-order valence-corrected chi connectivity index (χ3v) is 3.22. The van der Waals surface area contributed by atoms with Gasteiger partial charge in [-0.05, 0) is 31.5 Å². The van der Waals surface area contributed by atoms with Crippen molar-refractivity contribution in [2.75, 3.05) is 33.1 Å². The minimum Gasteiger partial charge on any atom is -0.482 e. The Morgan fingerprint density at radius 1 is 1.25 bits per heavy atom. The third-order valence-electron chi connectivity index (χ3n) is 3.22. The van der Waals surface area contributed by atoms with E-state index in [-0.39, 0.29) is 12.5 Å². The molecule has 4 amide bonds. The number of hydrogen-bond donors (Lipinski definition) is 3. The number of benzene rings is 1. The molecule has 0 aliphatic rings. The number of anilines is 1. The Morgan fingerprint density at radius 3 is 2.50 bits per heavy atom. The van der Waals surface area contributed by atoms with E-state index in [4.69, 9.17) is 4.74 Å². The Balaban J connectivity index is 2.81. The molecule has 0 aliphatic heterocycles. The fraction of sp³-hybridized carbons (Fsp3) is 0.438. The largest absolute Gasteiger partial charge is 0.482 e. The molecular formula is C16H24N4O4. The lowest BCUT2D eigenvalue weighted by molar-refractivity contribution is -0.130. The van der Waals surface area contributed by atoms with Crippen molar-refractivity contribution in [1.29, 1.82) is 0 Å². The van der Waals surface area contributed by atoms with Gasteiger partial charge in [0, 0.05) is 21.1 Å². The van der Waals surface area contributed by atoms with Crippen LogP contribution in [-0.4, -0.2) is 56.5 Å². The van der Waals surface area contributed by atoms with Crippen molar-refractivity contribution in [3.63, 3.8) is 0 Å². The molecule has 1 rings (SSSR count). The predicted octanol–water partition coefficient (Wildman–Crippen LogP) is 0.718. The van der Waals surface area contributed by atoms with Crippen molar-refractivity contribution in [1.82, 2.24) is 15.5 Å². The monoisotopic (exact) mass is 336 g/mol. The smallest absolute Gasteiger partial charge is 0.321 e. The highest BCUT2D eigenvalue weighted by atomic mass is 16.5. The Labute approximate surface area is 141 Å². The van der Waals surface area contributed by atoms with E-state index in [0.717, 1.165) is 5.56 Å². The second kappa shape index (κ2) is 8.76. The molecule has 0 saturated carbocycles. The van der Waals surface area contributed by atoms with E-state index in [1.54, 1.807) is 33.2 Å². The Morgan fingerprint density at radius 2 is 1.92 bits per heavy atom. The average molecular weight is 336 g/mol. The number of nitrogens with zero attached hydrogens (tertiary/aromatic N) is 1. The van der Waals surface area contributed by atoms with E-state index in [0.29, 0.717) is 11.4 Å². The van der Waals surface area contributed by atoms with Gasteiger partial charge in [-0.1, -0.05) is 6.07 Å². The number of amides is 4. The highest BCUT2D eigenvalue weighted by Crippen LogP contribution is 2.26. The van der Waals surface area contributed by atoms with Gasteiger partial charge in [0.1, 0.15) is 11.8 Å². The lowest BCUT2D eigenvalue weighted by Crippen LogP contribution is -2.44. The normalized spacial score (nSPS) is 11.2. The maximum atomic E-state index is 11.9. The van der Waals surface area contributed by atoms with Gasteiger partial charge >= 0.3 is 6.03 Å². The molecule has 3 N–H and O–H groups in total. The summed E-state index contributed by atoms with van der Waals surface area (Å²) in [7, 11) is 4.72. The van der Waals surface area contributed by atoms with Gasteiger partial charge in [-0.25, -0.2) is 4.79 Å². The molecule has 132 valence electrons. The molecule has 0 bridgehead atoms. The number of imide groups is 1. The molecule has 0 aliphatic carbocycles. The zero-order valence-electron chi connectivity index (χ0n) is 14.6. The lowest BCUT2D eigenvalue weighted by atomic mass is 10.2. The maximum absolute atomic E-state index is 11.9. The van der Waals surface area contributed by atoms with Gasteiger partial charge in [0.05, 0.1) is 5.69 Å². The number of rotatable bonds is 6. The van der Waals surface area contributed by atoms with Crippen LogP contribution in [0.3, 0.4) is 0 Å². The van der Waals surface area contributed by atoms with Crippen LogP contribution in [0.2, 0.25) is 0 Å². The number of likely N-dealkylation sites (N-methyl/N-ethyl adjacent to an activating group) is 1. The van der Waals surface area contributed by atoms with Crippen molar-refractivity contribution in [2.24, 2.45) is 0 Å². The van der Waals surface area contributed by atoms with Gasteiger partial charge in [-0.15, -0.1) is 0 Å². The Kier molecular flexibility index (Phi) is 7.03. The number of aryl methyl sites for hydroxylation is 1. The molecule has 1 aromatic rings. The van der Waals surface area contributed by atoms with Crippen molar-refractivity contribution in [3.8, 4) is 5.75 Å². The molecule has 0 fully saturated rings. The highest BCUT2D eigenvalue weighted by molar-refractivity contribution is 5.98. The van der Waals surface area contributed by atoms with Crippen molar-refractivity contribution in [2.45, 2.75) is 19.9 Å². The topological polar surface area (TPSA) is 99.8 Å². The molecule has 8 nitrogen and oxygen atoms in total. The first-order valence-electron chi connectivity index (χ1n) is 7.47. The molecule has 1 atom stereocenters. The summed E-state index contributed by atoms with van der Waals surface area (Å²) in [6, 6.07) is 4.14. The average Bonchev–Trinajstić information content (AvgIpc) is 2.53. The van der Waals surface area contributed by atoms with Crippen molar-refractivity contribution in [3.05, 3.63) is 23.8 Å². The van der Waals surface area contributed by atoms with Gasteiger partial charge in [0.2, 0.25) is 5.91 Å². The Bertz CT molecular complexity index is 616. The SMILES string of the molecule is CNC(=O)NC(=O)[C@@H](C)Nc1ccc(C)cc1OCC(=O)N(C)C. The summed E-state index contributed by atoms with van der Waals surface area (Å²) >= 11 is 0. The van der Waals surface area contributed by atoms with Gasteiger partial charge in [0.25, 0.3) is 5.91 Å². The summed E-state index contributed by atoms with van der Waals surface area (Å²) in [4.78, 5) is 36.2. The highest BCUT2D eigenvalue weighted by Gasteiger charge is 2.17. The first kappa shape index (κ1) is 19.3. The van der Waals surface area contributed by atoms with E-state index >= 15 is 0 Å². The fourth-order valence-corrected chi connectivity index (χ4v) is 1.72. The summed E-state index contributed by atoms with van der Waals surface area (Å²) in [6.45, 7) is 3.41. The van der Waals surface area contributed by atoms with Crippen molar-refractivity contribution < 1.29 is 19.1 Å². The van der Waals surface area contributed by atoms with E-state index in [1.807, 2.05) is 13.0 Å². The van der Waals surface area contributed by atoms with Gasteiger partial charge in [-0.2, -0.15) is 0 Å². The van der Waals surface area contributed by atoms with Gasteiger partial charge in [-0.3, -0.25) is 14.9 Å². The minimum absolute atomic E-state index is 0.107. The van der Waals surface area contributed by atoms with Crippen LogP contribution in [-0.2, 0) is 9.59 Å². The number of urea groups is 1. The number of carbonyl (C=O) groups excluding carboxylic acids is 3. The second-order valence-corrected chi connectivity index (χ2v) is 5.51. The molecule has 0 heterocycles. The second-order valence-electron chi connectivity index (χ2n) is 5.51. The molecule has 8 heteroatoms. The molecular weight excluding hydrogens is 312 g/mol. The van der Waals surface area contributed by atoms with E-state index in [1.165, 1.54) is 11.9 Å². The lowest BCUT2D eigenvalue weighted by Gasteiger charge is -2.19.